The first-order chi connectivity index (χ1) is 9.83. The van der Waals surface area contributed by atoms with Crippen molar-refractivity contribution in [2.75, 3.05) is 23.3 Å². The molecule has 0 spiro atoms. The van der Waals surface area contributed by atoms with E-state index in [1.54, 1.807) is 12.4 Å². The predicted octanol–water partition coefficient (Wildman–Crippen LogP) is 1.38. The van der Waals surface area contributed by atoms with E-state index in [4.69, 9.17) is 0 Å². The van der Waals surface area contributed by atoms with Gasteiger partial charge in [0.25, 0.3) is 0 Å². The van der Waals surface area contributed by atoms with Crippen molar-refractivity contribution in [2.45, 2.75) is 25.5 Å². The fourth-order valence-electron chi connectivity index (χ4n) is 2.44. The lowest BCUT2D eigenvalue weighted by Gasteiger charge is -2.31. The zero-order valence-electron chi connectivity index (χ0n) is 11.3. The highest BCUT2D eigenvalue weighted by atomic mass is 16.3. The normalized spacial score (nSPS) is 16.4. The number of aromatic nitrogens is 3. The molecule has 1 fully saturated rings. The Kier molecular flexibility index (Phi) is 3.83. The van der Waals surface area contributed by atoms with Crippen molar-refractivity contribution < 1.29 is 5.11 Å². The summed E-state index contributed by atoms with van der Waals surface area (Å²) in [6.07, 6.45) is 6.79. The van der Waals surface area contributed by atoms with Gasteiger partial charge in [0, 0.05) is 31.7 Å². The average Bonchev–Trinajstić information content (AvgIpc) is 3.00. The van der Waals surface area contributed by atoms with Gasteiger partial charge in [-0.2, -0.15) is 0 Å². The molecule has 1 saturated heterocycles. The molecule has 0 unspecified atom stereocenters. The number of nitrogens with one attached hydrogen (secondary N) is 2. The highest BCUT2D eigenvalue weighted by Gasteiger charge is 2.20. The first-order valence-corrected chi connectivity index (χ1v) is 6.93. The molecular formula is C14H19N5O. The number of piperidine rings is 1. The van der Waals surface area contributed by atoms with Crippen molar-refractivity contribution >= 4 is 11.5 Å². The minimum absolute atomic E-state index is 0.172. The van der Waals surface area contributed by atoms with Crippen LogP contribution >= 0.6 is 0 Å². The second kappa shape index (κ2) is 5.92. The standard InChI is InChI=1S/C14H19N5O/c20-11-3-8-19(9-4-11)14-12(2-1-5-17-14)18-10-13-15-6-7-16-13/h1-2,5-7,11,18,20H,3-4,8-10H2,(H,15,16). The van der Waals surface area contributed by atoms with Gasteiger partial charge >= 0.3 is 0 Å². The molecule has 20 heavy (non-hydrogen) atoms. The van der Waals surface area contributed by atoms with E-state index in [-0.39, 0.29) is 6.10 Å². The van der Waals surface area contributed by atoms with Crippen LogP contribution in [0.4, 0.5) is 11.5 Å². The smallest absolute Gasteiger partial charge is 0.151 e. The van der Waals surface area contributed by atoms with Crippen LogP contribution in [0.25, 0.3) is 0 Å². The Morgan fingerprint density at radius 2 is 2.15 bits per heavy atom. The van der Waals surface area contributed by atoms with Crippen molar-refractivity contribution in [3.63, 3.8) is 0 Å². The number of imidazole rings is 1. The van der Waals surface area contributed by atoms with Crippen molar-refractivity contribution in [3.8, 4) is 0 Å². The van der Waals surface area contributed by atoms with Gasteiger partial charge in [-0.15, -0.1) is 0 Å². The van der Waals surface area contributed by atoms with Crippen LogP contribution < -0.4 is 10.2 Å². The van der Waals surface area contributed by atoms with Gasteiger partial charge in [0.05, 0.1) is 18.3 Å². The minimum Gasteiger partial charge on any atom is -0.393 e. The summed E-state index contributed by atoms with van der Waals surface area (Å²) in [4.78, 5) is 14.0. The zero-order chi connectivity index (χ0) is 13.8. The molecule has 6 nitrogen and oxygen atoms in total. The van der Waals surface area contributed by atoms with Crippen LogP contribution in [-0.2, 0) is 6.54 Å². The molecular weight excluding hydrogens is 254 g/mol. The Hall–Kier alpha value is -2.08. The lowest BCUT2D eigenvalue weighted by molar-refractivity contribution is 0.145. The summed E-state index contributed by atoms with van der Waals surface area (Å²) in [5.41, 5.74) is 1.00. The molecule has 0 aliphatic carbocycles. The molecule has 0 saturated carbocycles. The number of aliphatic hydroxyl groups excluding tert-OH is 1. The average molecular weight is 273 g/mol. The number of aromatic amines is 1. The first kappa shape index (κ1) is 12.9. The molecule has 0 aromatic carbocycles. The van der Waals surface area contributed by atoms with Crippen LogP contribution in [0.3, 0.4) is 0 Å². The third-order valence-corrected chi connectivity index (χ3v) is 3.55. The highest BCUT2D eigenvalue weighted by Crippen LogP contribution is 2.26. The van der Waals surface area contributed by atoms with E-state index in [9.17, 15) is 5.11 Å². The number of nitrogens with zero attached hydrogens (tertiary/aromatic N) is 3. The van der Waals surface area contributed by atoms with Gasteiger partial charge in [-0.25, -0.2) is 9.97 Å². The summed E-state index contributed by atoms with van der Waals surface area (Å²) in [7, 11) is 0. The second-order valence-electron chi connectivity index (χ2n) is 4.98. The summed E-state index contributed by atoms with van der Waals surface area (Å²) in [5, 5.41) is 13.0. The van der Waals surface area contributed by atoms with E-state index >= 15 is 0 Å². The predicted molar refractivity (Wildman–Crippen MR) is 77.6 cm³/mol. The number of aliphatic hydroxyl groups is 1. The van der Waals surface area contributed by atoms with Gasteiger partial charge in [-0.1, -0.05) is 0 Å². The number of hydrogen-bond donors (Lipinski definition) is 3. The van der Waals surface area contributed by atoms with Gasteiger partial charge in [0.15, 0.2) is 5.82 Å². The molecule has 0 atom stereocenters. The van der Waals surface area contributed by atoms with E-state index in [1.165, 1.54) is 0 Å². The largest absolute Gasteiger partial charge is 0.393 e. The first-order valence-electron chi connectivity index (χ1n) is 6.93. The van der Waals surface area contributed by atoms with Gasteiger partial charge in [0.1, 0.15) is 5.82 Å². The second-order valence-corrected chi connectivity index (χ2v) is 4.98. The molecule has 106 valence electrons. The molecule has 3 rings (SSSR count). The molecule has 0 bridgehead atoms. The number of hydrogen-bond acceptors (Lipinski definition) is 5. The van der Waals surface area contributed by atoms with E-state index in [1.807, 2.05) is 18.3 Å². The Balaban J connectivity index is 1.71. The third-order valence-electron chi connectivity index (χ3n) is 3.55. The Bertz CT molecular complexity index is 534. The number of H-pyrrole nitrogens is 1. The molecule has 1 aliphatic rings. The topological polar surface area (TPSA) is 77.1 Å². The summed E-state index contributed by atoms with van der Waals surface area (Å²) in [6.45, 7) is 2.32. The van der Waals surface area contributed by atoms with E-state index in [0.29, 0.717) is 6.54 Å². The van der Waals surface area contributed by atoms with Crippen LogP contribution in [0.5, 0.6) is 0 Å². The van der Waals surface area contributed by atoms with Crippen LogP contribution in [0, 0.1) is 0 Å². The fourth-order valence-corrected chi connectivity index (χ4v) is 2.44. The van der Waals surface area contributed by atoms with Crippen LogP contribution in [0.1, 0.15) is 18.7 Å². The Morgan fingerprint density at radius 1 is 1.30 bits per heavy atom. The lowest BCUT2D eigenvalue weighted by Crippen LogP contribution is -2.36. The van der Waals surface area contributed by atoms with E-state index in [2.05, 4.69) is 25.2 Å². The number of rotatable bonds is 4. The molecule has 0 radical (unpaired) electrons. The molecule has 3 N–H and O–H groups in total. The Morgan fingerprint density at radius 3 is 2.90 bits per heavy atom. The SMILES string of the molecule is OC1CCN(c2ncccc2NCc2ncc[nH]2)CC1. The van der Waals surface area contributed by atoms with Crippen LogP contribution in [-0.4, -0.2) is 39.3 Å². The minimum atomic E-state index is -0.172. The third kappa shape index (κ3) is 2.91. The summed E-state index contributed by atoms with van der Waals surface area (Å²) >= 11 is 0. The monoisotopic (exact) mass is 273 g/mol. The molecule has 3 heterocycles. The van der Waals surface area contributed by atoms with Gasteiger partial charge in [0.2, 0.25) is 0 Å². The Labute approximate surface area is 117 Å². The maximum atomic E-state index is 9.60. The molecule has 2 aromatic heterocycles. The molecule has 2 aromatic rings. The van der Waals surface area contributed by atoms with Gasteiger partial charge < -0.3 is 20.3 Å². The summed E-state index contributed by atoms with van der Waals surface area (Å²) in [5.74, 6) is 1.85. The number of anilines is 2. The highest BCUT2D eigenvalue weighted by molar-refractivity contribution is 5.65. The summed E-state index contributed by atoms with van der Waals surface area (Å²) < 4.78 is 0. The maximum Gasteiger partial charge on any atom is 0.151 e. The van der Waals surface area contributed by atoms with Gasteiger partial charge in [-0.3, -0.25) is 0 Å². The molecule has 6 heteroatoms. The van der Waals surface area contributed by atoms with Gasteiger partial charge in [-0.05, 0) is 25.0 Å². The fraction of sp³-hybridized carbons (Fsp3) is 0.429. The number of pyridine rings is 1. The van der Waals surface area contributed by atoms with Crippen LogP contribution in [0.2, 0.25) is 0 Å². The maximum absolute atomic E-state index is 9.60. The summed E-state index contributed by atoms with van der Waals surface area (Å²) in [6, 6.07) is 3.95. The zero-order valence-corrected chi connectivity index (χ0v) is 11.3. The van der Waals surface area contributed by atoms with Crippen molar-refractivity contribution in [1.82, 2.24) is 15.0 Å². The van der Waals surface area contributed by atoms with Crippen LogP contribution in [0.15, 0.2) is 30.7 Å². The lowest BCUT2D eigenvalue weighted by atomic mass is 10.1. The molecule has 1 aliphatic heterocycles. The van der Waals surface area contributed by atoms with Crippen molar-refractivity contribution in [3.05, 3.63) is 36.5 Å². The van der Waals surface area contributed by atoms with Crippen molar-refractivity contribution in [1.29, 1.82) is 0 Å². The molecule has 0 amide bonds. The van der Waals surface area contributed by atoms with Crippen molar-refractivity contribution in [2.24, 2.45) is 0 Å². The van der Waals surface area contributed by atoms with E-state index in [0.717, 1.165) is 43.3 Å². The van der Waals surface area contributed by atoms with E-state index < -0.39 is 0 Å². The quantitative estimate of drug-likeness (QED) is 0.784.